The van der Waals surface area contributed by atoms with Gasteiger partial charge in [0.05, 0.1) is 6.07 Å². The second-order valence-corrected chi connectivity index (χ2v) is 11.4. The molecule has 9 atom stereocenters. The predicted molar refractivity (Wildman–Crippen MR) is 106 cm³/mol. The highest BCUT2D eigenvalue weighted by Crippen LogP contribution is 2.76. The van der Waals surface area contributed by atoms with E-state index in [-0.39, 0.29) is 28.2 Å². The van der Waals surface area contributed by atoms with Crippen molar-refractivity contribution < 1.29 is 19.1 Å². The number of hydrogen-bond donors (Lipinski definition) is 0. The molecule has 1 heterocycles. The molecule has 4 unspecified atom stereocenters. The molecule has 0 amide bonds. The number of rotatable bonds is 1. The number of carbonyl (C=O) groups is 2. The largest absolute Gasteiger partial charge is 0.459 e. The zero-order valence-corrected chi connectivity index (χ0v) is 18.3. The SMILES string of the molecule is CC(=O)OC1(C)CC[C@H]2[C@@H]3CCC45OC4(C)C(=O)C(C#N)C[C@]5(C)[C@@H]3CC[C@@]21C. The highest BCUT2D eigenvalue weighted by molar-refractivity contribution is 5.96. The van der Waals surface area contributed by atoms with Crippen molar-refractivity contribution in [2.75, 3.05) is 0 Å². The highest BCUT2D eigenvalue weighted by atomic mass is 16.6. The molecule has 0 aromatic carbocycles. The lowest BCUT2D eigenvalue weighted by Crippen LogP contribution is -2.62. The molecule has 4 aliphatic carbocycles. The average molecular weight is 400 g/mol. The Bertz CT molecular complexity index is 848. The van der Waals surface area contributed by atoms with E-state index < -0.39 is 17.1 Å². The van der Waals surface area contributed by atoms with Gasteiger partial charge in [0.15, 0.2) is 11.4 Å². The number of carbonyl (C=O) groups excluding carboxylic acids is 2. The molecular weight excluding hydrogens is 366 g/mol. The van der Waals surface area contributed by atoms with Gasteiger partial charge in [-0.25, -0.2) is 0 Å². The van der Waals surface area contributed by atoms with Crippen molar-refractivity contribution in [1.29, 1.82) is 5.26 Å². The molecule has 1 saturated heterocycles. The monoisotopic (exact) mass is 399 g/mol. The smallest absolute Gasteiger partial charge is 0.303 e. The van der Waals surface area contributed by atoms with Crippen molar-refractivity contribution in [3.05, 3.63) is 0 Å². The first-order valence-corrected chi connectivity index (χ1v) is 11.3. The van der Waals surface area contributed by atoms with Crippen LogP contribution in [0.25, 0.3) is 0 Å². The topological polar surface area (TPSA) is 79.7 Å². The summed E-state index contributed by atoms with van der Waals surface area (Å²) in [6.45, 7) is 10.2. The van der Waals surface area contributed by atoms with E-state index in [1.165, 1.54) is 6.92 Å². The van der Waals surface area contributed by atoms with E-state index in [0.29, 0.717) is 24.2 Å². The fraction of sp³-hybridized carbons (Fsp3) is 0.875. The van der Waals surface area contributed by atoms with Gasteiger partial charge in [-0.15, -0.1) is 0 Å². The third kappa shape index (κ3) is 2.00. The Morgan fingerprint density at radius 2 is 1.72 bits per heavy atom. The maximum Gasteiger partial charge on any atom is 0.303 e. The Morgan fingerprint density at radius 1 is 1.07 bits per heavy atom. The van der Waals surface area contributed by atoms with Crippen molar-refractivity contribution >= 4 is 11.8 Å². The van der Waals surface area contributed by atoms with Crippen LogP contribution in [0.3, 0.4) is 0 Å². The Hall–Kier alpha value is -1.41. The van der Waals surface area contributed by atoms with Crippen LogP contribution in [0.5, 0.6) is 0 Å². The number of ether oxygens (including phenoxy) is 2. The number of esters is 1. The molecule has 5 heteroatoms. The third-order valence-electron chi connectivity index (χ3n) is 10.6. The first kappa shape index (κ1) is 19.5. The number of hydrogen-bond acceptors (Lipinski definition) is 5. The molecule has 1 aliphatic heterocycles. The molecule has 0 N–H and O–H groups in total. The van der Waals surface area contributed by atoms with Gasteiger partial charge in [-0.3, -0.25) is 9.59 Å². The fourth-order valence-electron chi connectivity index (χ4n) is 8.94. The third-order valence-corrected chi connectivity index (χ3v) is 10.6. The molecule has 0 bridgehead atoms. The molecular formula is C24H33NO4. The van der Waals surface area contributed by atoms with Crippen molar-refractivity contribution in [2.24, 2.45) is 34.5 Å². The summed E-state index contributed by atoms with van der Waals surface area (Å²) in [5, 5.41) is 9.68. The minimum atomic E-state index is -0.770. The lowest BCUT2D eigenvalue weighted by Gasteiger charge is -2.61. The molecule has 29 heavy (non-hydrogen) atoms. The van der Waals surface area contributed by atoms with E-state index in [1.54, 1.807) is 0 Å². The van der Waals surface area contributed by atoms with Gasteiger partial charge in [0.2, 0.25) is 0 Å². The van der Waals surface area contributed by atoms with E-state index >= 15 is 0 Å². The summed E-state index contributed by atoms with van der Waals surface area (Å²) >= 11 is 0. The van der Waals surface area contributed by atoms with Crippen LogP contribution in [0, 0.1) is 45.8 Å². The lowest BCUT2D eigenvalue weighted by atomic mass is 9.42. The van der Waals surface area contributed by atoms with Crippen LogP contribution in [-0.2, 0) is 19.1 Å². The van der Waals surface area contributed by atoms with Crippen LogP contribution >= 0.6 is 0 Å². The van der Waals surface area contributed by atoms with E-state index in [4.69, 9.17) is 9.47 Å². The summed E-state index contributed by atoms with van der Waals surface area (Å²) < 4.78 is 12.2. The summed E-state index contributed by atoms with van der Waals surface area (Å²) in [6, 6.07) is 2.29. The molecule has 1 spiro atoms. The summed E-state index contributed by atoms with van der Waals surface area (Å²) in [4.78, 5) is 24.7. The second kappa shape index (κ2) is 5.44. The zero-order chi connectivity index (χ0) is 21.0. The summed E-state index contributed by atoms with van der Waals surface area (Å²) in [5.41, 5.74) is -1.69. The average Bonchev–Trinajstić information content (AvgIpc) is 3.20. The van der Waals surface area contributed by atoms with E-state index in [2.05, 4.69) is 26.8 Å². The minimum Gasteiger partial charge on any atom is -0.459 e. The van der Waals surface area contributed by atoms with Crippen LogP contribution < -0.4 is 0 Å². The normalized spacial score (nSPS) is 57.6. The number of ketones is 1. The highest BCUT2D eigenvalue weighted by Gasteiger charge is 2.84. The van der Waals surface area contributed by atoms with Crippen molar-refractivity contribution in [3.63, 3.8) is 0 Å². The van der Waals surface area contributed by atoms with Gasteiger partial charge in [0, 0.05) is 17.8 Å². The van der Waals surface area contributed by atoms with E-state index in [9.17, 15) is 14.9 Å². The van der Waals surface area contributed by atoms with Gasteiger partial charge in [-0.1, -0.05) is 13.8 Å². The van der Waals surface area contributed by atoms with Crippen LogP contribution in [0.1, 0.15) is 79.6 Å². The van der Waals surface area contributed by atoms with Gasteiger partial charge in [-0.2, -0.15) is 5.26 Å². The Labute approximate surface area is 173 Å². The van der Waals surface area contributed by atoms with Crippen molar-refractivity contribution in [3.8, 4) is 6.07 Å². The predicted octanol–water partition coefficient (Wildman–Crippen LogP) is 4.19. The van der Waals surface area contributed by atoms with E-state index in [0.717, 1.165) is 38.5 Å². The maximum atomic E-state index is 12.9. The number of Topliss-reactive ketones (excluding diaryl/α,β-unsaturated/α-hetero) is 1. The lowest BCUT2D eigenvalue weighted by molar-refractivity contribution is -0.183. The second-order valence-electron chi connectivity index (χ2n) is 11.4. The number of nitriles is 1. The Balaban J connectivity index is 1.51. The van der Waals surface area contributed by atoms with Gasteiger partial charge < -0.3 is 9.47 Å². The molecule has 4 saturated carbocycles. The van der Waals surface area contributed by atoms with Crippen LogP contribution in [0.15, 0.2) is 0 Å². The quantitative estimate of drug-likeness (QED) is 0.488. The maximum absolute atomic E-state index is 12.9. The molecule has 0 radical (unpaired) electrons. The summed E-state index contributed by atoms with van der Waals surface area (Å²) in [7, 11) is 0. The zero-order valence-electron chi connectivity index (χ0n) is 18.3. The Morgan fingerprint density at radius 3 is 2.38 bits per heavy atom. The van der Waals surface area contributed by atoms with Crippen molar-refractivity contribution in [1.82, 2.24) is 0 Å². The van der Waals surface area contributed by atoms with Crippen LogP contribution in [0.2, 0.25) is 0 Å². The summed E-state index contributed by atoms with van der Waals surface area (Å²) in [6.07, 6.45) is 6.69. The number of fused-ring (bicyclic) bond motifs is 4. The summed E-state index contributed by atoms with van der Waals surface area (Å²) in [5.74, 6) is 0.781. The van der Waals surface area contributed by atoms with Gasteiger partial charge in [0.25, 0.3) is 0 Å². The number of epoxide rings is 1. The molecule has 0 aromatic heterocycles. The molecule has 5 fully saturated rings. The first-order valence-electron chi connectivity index (χ1n) is 11.3. The fourth-order valence-corrected chi connectivity index (χ4v) is 8.94. The van der Waals surface area contributed by atoms with Gasteiger partial charge >= 0.3 is 5.97 Å². The molecule has 158 valence electrons. The molecule has 5 rings (SSSR count). The van der Waals surface area contributed by atoms with E-state index in [1.807, 2.05) is 6.92 Å². The van der Waals surface area contributed by atoms with Gasteiger partial charge in [-0.05, 0) is 76.5 Å². The van der Waals surface area contributed by atoms with Crippen LogP contribution in [0.4, 0.5) is 0 Å². The minimum absolute atomic E-state index is 0.000118. The molecule has 5 aliphatic rings. The Kier molecular flexibility index (Phi) is 3.66. The van der Waals surface area contributed by atoms with Gasteiger partial charge in [0.1, 0.15) is 17.1 Å². The number of nitrogens with zero attached hydrogens (tertiary/aromatic N) is 1. The molecule has 0 aromatic rings. The standard InChI is InChI=1S/C24H33NO4/c1-14(26)28-22(4)10-8-17-16-6-11-24-21(3,18(16)7-9-20(17,22)2)12-15(13-25)19(27)23(24,5)29-24/h15-18H,6-12H2,1-5H3/t15?,16-,17-,18+,20-,21+,22?,23?,24?/m0/s1. The molecule has 5 nitrogen and oxygen atoms in total. The van der Waals surface area contributed by atoms with Crippen molar-refractivity contribution in [2.45, 2.75) is 96.4 Å². The van der Waals surface area contributed by atoms with Crippen LogP contribution in [-0.4, -0.2) is 28.6 Å². The first-order chi connectivity index (χ1) is 13.5.